The van der Waals surface area contributed by atoms with Crippen LogP contribution in [0.2, 0.25) is 0 Å². The minimum absolute atomic E-state index is 0.0104. The van der Waals surface area contributed by atoms with Crippen LogP contribution in [0.1, 0.15) is 19.3 Å². The number of likely N-dealkylation sites (tertiary alicyclic amines) is 1. The molecule has 0 radical (unpaired) electrons. The molecular formula is C23H24FN3O4. The molecule has 0 spiro atoms. The lowest BCUT2D eigenvalue weighted by atomic mass is 10.1. The van der Waals surface area contributed by atoms with Crippen molar-refractivity contribution in [3.05, 3.63) is 54.3 Å². The van der Waals surface area contributed by atoms with E-state index in [2.05, 4.69) is 5.32 Å². The van der Waals surface area contributed by atoms with E-state index in [1.807, 2.05) is 0 Å². The summed E-state index contributed by atoms with van der Waals surface area (Å²) in [4.78, 5) is 41.3. The molecule has 31 heavy (non-hydrogen) atoms. The molecule has 2 saturated heterocycles. The number of carbonyl (C=O) groups is 3. The number of benzene rings is 2. The van der Waals surface area contributed by atoms with Gasteiger partial charge in [0.1, 0.15) is 17.6 Å². The van der Waals surface area contributed by atoms with Crippen LogP contribution in [-0.2, 0) is 14.4 Å². The predicted octanol–water partition coefficient (Wildman–Crippen LogP) is 2.82. The smallest absolute Gasteiger partial charge is 0.247 e. The number of nitrogens with one attached hydrogen (secondary N) is 1. The van der Waals surface area contributed by atoms with Gasteiger partial charge in [0.25, 0.3) is 0 Å². The Hall–Kier alpha value is -3.42. The van der Waals surface area contributed by atoms with Crippen LogP contribution in [0.4, 0.5) is 15.8 Å². The Kier molecular flexibility index (Phi) is 5.88. The Bertz CT molecular complexity index is 995. The maximum absolute atomic E-state index is 14.1. The number of carbonyl (C=O) groups excluding carboxylic acids is 3. The minimum Gasteiger partial charge on any atom is -0.497 e. The normalized spacial score (nSPS) is 20.8. The lowest BCUT2D eigenvalue weighted by Crippen LogP contribution is -2.46. The Morgan fingerprint density at radius 3 is 2.58 bits per heavy atom. The maximum atomic E-state index is 14.1. The summed E-state index contributed by atoms with van der Waals surface area (Å²) >= 11 is 0. The van der Waals surface area contributed by atoms with Crippen molar-refractivity contribution in [3.8, 4) is 5.75 Å². The summed E-state index contributed by atoms with van der Waals surface area (Å²) in [7, 11) is 1.57. The molecule has 2 fully saturated rings. The number of amides is 3. The zero-order chi connectivity index (χ0) is 22.0. The van der Waals surface area contributed by atoms with E-state index in [1.54, 1.807) is 48.4 Å². The van der Waals surface area contributed by atoms with Crippen LogP contribution in [0.5, 0.6) is 5.75 Å². The van der Waals surface area contributed by atoms with Crippen molar-refractivity contribution in [2.75, 3.05) is 30.4 Å². The predicted molar refractivity (Wildman–Crippen MR) is 113 cm³/mol. The highest BCUT2D eigenvalue weighted by atomic mass is 19.1. The average molecular weight is 425 g/mol. The molecule has 0 saturated carbocycles. The Balaban J connectivity index is 1.43. The molecule has 2 aromatic carbocycles. The van der Waals surface area contributed by atoms with Gasteiger partial charge in [-0.25, -0.2) is 4.39 Å². The van der Waals surface area contributed by atoms with Crippen molar-refractivity contribution in [2.45, 2.75) is 25.3 Å². The molecule has 8 heteroatoms. The van der Waals surface area contributed by atoms with Gasteiger partial charge in [-0.1, -0.05) is 12.1 Å². The van der Waals surface area contributed by atoms with Crippen molar-refractivity contribution in [3.63, 3.8) is 0 Å². The van der Waals surface area contributed by atoms with E-state index in [0.717, 1.165) is 0 Å². The number of halogens is 1. The van der Waals surface area contributed by atoms with Crippen molar-refractivity contribution in [1.82, 2.24) is 4.90 Å². The van der Waals surface area contributed by atoms with Gasteiger partial charge in [0, 0.05) is 25.2 Å². The third-order valence-electron chi connectivity index (χ3n) is 5.81. The number of ether oxygens (including phenoxy) is 1. The topological polar surface area (TPSA) is 79.0 Å². The second kappa shape index (κ2) is 8.75. The van der Waals surface area contributed by atoms with Gasteiger partial charge >= 0.3 is 0 Å². The summed E-state index contributed by atoms with van der Waals surface area (Å²) in [6.45, 7) is 0.575. The van der Waals surface area contributed by atoms with Crippen LogP contribution in [-0.4, -0.2) is 48.9 Å². The average Bonchev–Trinajstić information content (AvgIpc) is 3.41. The first-order valence-electron chi connectivity index (χ1n) is 10.3. The van der Waals surface area contributed by atoms with Crippen molar-refractivity contribution in [2.24, 2.45) is 5.92 Å². The number of rotatable bonds is 5. The molecule has 0 aliphatic carbocycles. The van der Waals surface area contributed by atoms with E-state index in [0.29, 0.717) is 30.8 Å². The zero-order valence-corrected chi connectivity index (χ0v) is 17.2. The van der Waals surface area contributed by atoms with E-state index < -0.39 is 17.8 Å². The van der Waals surface area contributed by atoms with Crippen LogP contribution in [0, 0.1) is 11.7 Å². The molecule has 2 aromatic rings. The first-order chi connectivity index (χ1) is 15.0. The van der Waals surface area contributed by atoms with Gasteiger partial charge < -0.3 is 19.9 Å². The van der Waals surface area contributed by atoms with E-state index in [1.165, 1.54) is 17.0 Å². The third kappa shape index (κ3) is 4.23. The van der Waals surface area contributed by atoms with E-state index >= 15 is 0 Å². The van der Waals surface area contributed by atoms with E-state index in [-0.39, 0.29) is 36.4 Å². The number of hydrogen-bond acceptors (Lipinski definition) is 4. The summed E-state index contributed by atoms with van der Waals surface area (Å²) < 4.78 is 19.2. The van der Waals surface area contributed by atoms with Crippen LogP contribution in [0.15, 0.2) is 48.5 Å². The molecule has 2 unspecified atom stereocenters. The molecule has 2 atom stereocenters. The summed E-state index contributed by atoms with van der Waals surface area (Å²) in [6, 6.07) is 12.4. The Morgan fingerprint density at radius 1 is 1.13 bits per heavy atom. The quantitative estimate of drug-likeness (QED) is 0.799. The zero-order valence-electron chi connectivity index (χ0n) is 17.2. The summed E-state index contributed by atoms with van der Waals surface area (Å²) in [5.41, 5.74) is 0.796. The van der Waals surface area contributed by atoms with Crippen molar-refractivity contribution < 1.29 is 23.5 Å². The second-order valence-corrected chi connectivity index (χ2v) is 7.76. The van der Waals surface area contributed by atoms with Gasteiger partial charge in [-0.05, 0) is 49.2 Å². The monoisotopic (exact) mass is 425 g/mol. The summed E-state index contributed by atoms with van der Waals surface area (Å²) in [5.74, 6) is -1.20. The second-order valence-electron chi connectivity index (χ2n) is 7.76. The summed E-state index contributed by atoms with van der Waals surface area (Å²) in [6.07, 6.45) is 1.28. The minimum atomic E-state index is -0.596. The molecule has 7 nitrogen and oxygen atoms in total. The Morgan fingerprint density at radius 2 is 1.87 bits per heavy atom. The number of para-hydroxylation sites is 1. The van der Waals surface area contributed by atoms with Crippen LogP contribution in [0.25, 0.3) is 0 Å². The first-order valence-corrected chi connectivity index (χ1v) is 10.3. The van der Waals surface area contributed by atoms with Gasteiger partial charge in [0.05, 0.1) is 18.7 Å². The highest BCUT2D eigenvalue weighted by molar-refractivity contribution is 6.02. The number of anilines is 2. The fourth-order valence-corrected chi connectivity index (χ4v) is 4.21. The molecule has 3 amide bonds. The SMILES string of the molecule is COc1ccc(NC(=O)C2CCCN2C(=O)C2CC(=O)N(c3ccccc3F)C2)cc1. The van der Waals surface area contributed by atoms with Gasteiger partial charge in [-0.2, -0.15) is 0 Å². The van der Waals surface area contributed by atoms with Crippen LogP contribution < -0.4 is 15.0 Å². The third-order valence-corrected chi connectivity index (χ3v) is 5.81. The standard InChI is InChI=1S/C23H24FN3O4/c1-31-17-10-8-16(9-11-17)25-22(29)20-7-4-12-26(20)23(30)15-13-21(28)27(14-15)19-6-3-2-5-18(19)24/h2-3,5-6,8-11,15,20H,4,7,12-14H2,1H3,(H,25,29). The van der Waals surface area contributed by atoms with Gasteiger partial charge in [-0.3, -0.25) is 14.4 Å². The number of nitrogens with zero attached hydrogens (tertiary/aromatic N) is 2. The van der Waals surface area contributed by atoms with Crippen molar-refractivity contribution in [1.29, 1.82) is 0 Å². The number of methoxy groups -OCH3 is 1. The molecule has 162 valence electrons. The fourth-order valence-electron chi connectivity index (χ4n) is 4.21. The largest absolute Gasteiger partial charge is 0.497 e. The Labute approximate surface area is 179 Å². The molecule has 0 bridgehead atoms. The molecule has 1 N–H and O–H groups in total. The lowest BCUT2D eigenvalue weighted by Gasteiger charge is -2.26. The fraction of sp³-hybridized carbons (Fsp3) is 0.348. The van der Waals surface area contributed by atoms with Gasteiger partial charge in [-0.15, -0.1) is 0 Å². The molecule has 2 aliphatic rings. The van der Waals surface area contributed by atoms with Gasteiger partial charge in [0.2, 0.25) is 17.7 Å². The number of hydrogen-bond donors (Lipinski definition) is 1. The van der Waals surface area contributed by atoms with Crippen molar-refractivity contribution >= 4 is 29.1 Å². The first kappa shape index (κ1) is 20.8. The molecule has 2 heterocycles. The molecule has 2 aliphatic heterocycles. The highest BCUT2D eigenvalue weighted by Crippen LogP contribution is 2.30. The summed E-state index contributed by atoms with van der Waals surface area (Å²) in [5, 5.41) is 2.85. The molecular weight excluding hydrogens is 401 g/mol. The van der Waals surface area contributed by atoms with Crippen LogP contribution in [0.3, 0.4) is 0 Å². The molecule has 0 aromatic heterocycles. The van der Waals surface area contributed by atoms with Crippen LogP contribution >= 0.6 is 0 Å². The van der Waals surface area contributed by atoms with E-state index in [4.69, 9.17) is 4.74 Å². The van der Waals surface area contributed by atoms with E-state index in [9.17, 15) is 18.8 Å². The lowest BCUT2D eigenvalue weighted by molar-refractivity contribution is -0.140. The highest BCUT2D eigenvalue weighted by Gasteiger charge is 2.42. The maximum Gasteiger partial charge on any atom is 0.247 e. The molecule has 4 rings (SSSR count). The van der Waals surface area contributed by atoms with Gasteiger partial charge in [0.15, 0.2) is 0 Å².